The van der Waals surface area contributed by atoms with Gasteiger partial charge in [0.15, 0.2) is 11.6 Å². The van der Waals surface area contributed by atoms with Crippen molar-refractivity contribution in [2.75, 3.05) is 20.8 Å². The average molecular weight is 534 g/mol. The first-order valence-corrected chi connectivity index (χ1v) is 12.4. The van der Waals surface area contributed by atoms with Crippen LogP contribution in [0.3, 0.4) is 0 Å². The van der Waals surface area contributed by atoms with Crippen LogP contribution in [0.4, 0.5) is 4.39 Å². The van der Waals surface area contributed by atoms with E-state index >= 15 is 4.39 Å². The van der Waals surface area contributed by atoms with Gasteiger partial charge in [0.25, 0.3) is 11.8 Å². The van der Waals surface area contributed by atoms with Crippen LogP contribution in [0.25, 0.3) is 5.69 Å². The Bertz CT molecular complexity index is 1550. The molecule has 3 heterocycles. The standard InChI is InChI=1S/C27H28FN7O4/c1-16-12-35(33-31-16)23-6-7-24(39-3)25(28)20(23)11-30-27(37)21-14-34(32-22(21)15-38-2)13-17-4-5-19-18(10-17)8-9-29-26(19)36/h4-7,10,12,14H,8-9,11,13,15H2,1-3H3,(H,29,36)(H,30,37). The minimum absolute atomic E-state index is 0.0512. The van der Waals surface area contributed by atoms with E-state index in [0.29, 0.717) is 41.3 Å². The number of halogens is 1. The fourth-order valence-corrected chi connectivity index (χ4v) is 4.60. The molecule has 0 spiro atoms. The van der Waals surface area contributed by atoms with Gasteiger partial charge in [-0.15, -0.1) is 5.10 Å². The molecule has 202 valence electrons. The molecule has 0 fully saturated rings. The van der Waals surface area contributed by atoms with Crippen LogP contribution in [0.1, 0.15) is 48.8 Å². The first-order chi connectivity index (χ1) is 18.9. The van der Waals surface area contributed by atoms with Crippen LogP contribution in [0.5, 0.6) is 5.75 Å². The second-order valence-electron chi connectivity index (χ2n) is 9.18. The molecule has 2 aromatic heterocycles. The Balaban J connectivity index is 1.38. The molecule has 0 saturated carbocycles. The van der Waals surface area contributed by atoms with Crippen molar-refractivity contribution < 1.29 is 23.5 Å². The Kier molecular flexibility index (Phi) is 7.37. The summed E-state index contributed by atoms with van der Waals surface area (Å²) in [6, 6.07) is 8.84. The lowest BCUT2D eigenvalue weighted by Crippen LogP contribution is -2.31. The lowest BCUT2D eigenvalue weighted by atomic mass is 9.98. The highest BCUT2D eigenvalue weighted by atomic mass is 19.1. The molecule has 1 aliphatic heterocycles. The van der Waals surface area contributed by atoms with Gasteiger partial charge in [-0.05, 0) is 42.7 Å². The highest BCUT2D eigenvalue weighted by molar-refractivity contribution is 5.96. The van der Waals surface area contributed by atoms with Gasteiger partial charge in [0.1, 0.15) is 5.69 Å². The minimum Gasteiger partial charge on any atom is -0.494 e. The summed E-state index contributed by atoms with van der Waals surface area (Å²) in [4.78, 5) is 25.3. The number of aromatic nitrogens is 5. The summed E-state index contributed by atoms with van der Waals surface area (Å²) in [7, 11) is 2.90. The van der Waals surface area contributed by atoms with Crippen LogP contribution >= 0.6 is 0 Å². The van der Waals surface area contributed by atoms with E-state index in [1.54, 1.807) is 30.1 Å². The zero-order valence-corrected chi connectivity index (χ0v) is 21.8. The maximum atomic E-state index is 15.3. The molecule has 4 aromatic rings. The van der Waals surface area contributed by atoms with Crippen molar-refractivity contribution in [3.05, 3.63) is 87.7 Å². The predicted molar refractivity (Wildman–Crippen MR) is 138 cm³/mol. The molecule has 0 unspecified atom stereocenters. The predicted octanol–water partition coefficient (Wildman–Crippen LogP) is 2.33. The zero-order chi connectivity index (χ0) is 27.5. The third-order valence-electron chi connectivity index (χ3n) is 6.49. The molecule has 0 radical (unpaired) electrons. The normalized spacial score (nSPS) is 12.7. The molecule has 0 aliphatic carbocycles. The number of benzene rings is 2. The summed E-state index contributed by atoms with van der Waals surface area (Å²) in [6.45, 7) is 2.78. The van der Waals surface area contributed by atoms with E-state index in [2.05, 4.69) is 26.0 Å². The summed E-state index contributed by atoms with van der Waals surface area (Å²) in [5.41, 5.74) is 4.68. The Morgan fingerprint density at radius 2 is 2.05 bits per heavy atom. The van der Waals surface area contributed by atoms with Gasteiger partial charge in [0, 0.05) is 37.5 Å². The topological polar surface area (TPSA) is 125 Å². The van der Waals surface area contributed by atoms with Gasteiger partial charge in [0.2, 0.25) is 0 Å². The number of amides is 2. The summed E-state index contributed by atoms with van der Waals surface area (Å²) in [5, 5.41) is 18.2. The van der Waals surface area contributed by atoms with Crippen molar-refractivity contribution in [3.63, 3.8) is 0 Å². The van der Waals surface area contributed by atoms with Crippen molar-refractivity contribution in [2.45, 2.75) is 33.0 Å². The number of aryl methyl sites for hydroxylation is 1. The number of fused-ring (bicyclic) bond motifs is 1. The number of methoxy groups -OCH3 is 2. The molecule has 0 atom stereocenters. The van der Waals surface area contributed by atoms with E-state index in [1.165, 1.54) is 25.0 Å². The molecule has 39 heavy (non-hydrogen) atoms. The maximum absolute atomic E-state index is 15.3. The Morgan fingerprint density at radius 1 is 1.21 bits per heavy atom. The van der Waals surface area contributed by atoms with Crippen LogP contribution in [0.15, 0.2) is 42.7 Å². The van der Waals surface area contributed by atoms with Crippen molar-refractivity contribution in [1.29, 1.82) is 0 Å². The second-order valence-corrected chi connectivity index (χ2v) is 9.18. The van der Waals surface area contributed by atoms with Crippen molar-refractivity contribution in [2.24, 2.45) is 0 Å². The van der Waals surface area contributed by atoms with Crippen molar-refractivity contribution in [3.8, 4) is 11.4 Å². The molecular weight excluding hydrogens is 505 g/mol. The number of carbonyl (C=O) groups excluding carboxylic acids is 2. The van der Waals surface area contributed by atoms with Gasteiger partial charge in [-0.2, -0.15) is 5.10 Å². The highest BCUT2D eigenvalue weighted by Gasteiger charge is 2.21. The minimum atomic E-state index is -0.600. The Morgan fingerprint density at radius 3 is 2.79 bits per heavy atom. The zero-order valence-electron chi connectivity index (χ0n) is 21.8. The molecule has 11 nitrogen and oxygen atoms in total. The molecule has 12 heteroatoms. The molecule has 2 amide bonds. The van der Waals surface area contributed by atoms with E-state index in [-0.39, 0.29) is 30.4 Å². The third kappa shape index (κ3) is 5.36. The van der Waals surface area contributed by atoms with Gasteiger partial charge in [0.05, 0.1) is 43.4 Å². The fraction of sp³-hybridized carbons (Fsp3) is 0.296. The number of nitrogens with zero attached hydrogens (tertiary/aromatic N) is 5. The number of hydrogen-bond acceptors (Lipinski definition) is 7. The van der Waals surface area contributed by atoms with Crippen LogP contribution in [0, 0.1) is 12.7 Å². The second kappa shape index (κ2) is 11.0. The van der Waals surface area contributed by atoms with Gasteiger partial charge in [-0.1, -0.05) is 17.3 Å². The summed E-state index contributed by atoms with van der Waals surface area (Å²) in [5.74, 6) is -1.05. The fourth-order valence-electron chi connectivity index (χ4n) is 4.60. The van der Waals surface area contributed by atoms with Crippen molar-refractivity contribution in [1.82, 2.24) is 35.4 Å². The number of nitrogens with one attached hydrogen (secondary N) is 2. The smallest absolute Gasteiger partial charge is 0.255 e. The third-order valence-corrected chi connectivity index (χ3v) is 6.49. The van der Waals surface area contributed by atoms with Gasteiger partial charge < -0.3 is 20.1 Å². The molecule has 5 rings (SSSR count). The molecule has 0 saturated heterocycles. The summed E-state index contributed by atoms with van der Waals surface area (Å²) in [6.07, 6.45) is 4.06. The first-order valence-electron chi connectivity index (χ1n) is 12.4. The van der Waals surface area contributed by atoms with Gasteiger partial charge in [-0.3, -0.25) is 14.3 Å². The number of rotatable bonds is 9. The van der Waals surface area contributed by atoms with Gasteiger partial charge >= 0.3 is 0 Å². The largest absolute Gasteiger partial charge is 0.494 e. The molecule has 0 bridgehead atoms. The number of hydrogen-bond donors (Lipinski definition) is 2. The highest BCUT2D eigenvalue weighted by Crippen LogP contribution is 2.26. The monoisotopic (exact) mass is 533 g/mol. The SMILES string of the molecule is COCc1nn(Cc2ccc3c(c2)CCNC3=O)cc1C(=O)NCc1c(-n2cc(C)nn2)ccc(OC)c1F. The lowest BCUT2D eigenvalue weighted by Gasteiger charge is -2.17. The maximum Gasteiger partial charge on any atom is 0.255 e. The van der Waals surface area contributed by atoms with E-state index in [1.807, 2.05) is 18.2 Å². The Hall–Kier alpha value is -4.58. The van der Waals surface area contributed by atoms with E-state index in [9.17, 15) is 9.59 Å². The molecular formula is C27H28FN7O4. The van der Waals surface area contributed by atoms with Crippen molar-refractivity contribution >= 4 is 11.8 Å². The Labute approximate surface area is 223 Å². The number of carbonyl (C=O) groups is 2. The summed E-state index contributed by atoms with van der Waals surface area (Å²) >= 11 is 0. The number of ether oxygens (including phenoxy) is 2. The van der Waals surface area contributed by atoms with Gasteiger partial charge in [-0.25, -0.2) is 9.07 Å². The van der Waals surface area contributed by atoms with Crippen LogP contribution in [-0.4, -0.2) is 57.4 Å². The van der Waals surface area contributed by atoms with E-state index < -0.39 is 11.7 Å². The summed E-state index contributed by atoms with van der Waals surface area (Å²) < 4.78 is 28.8. The molecule has 2 N–H and O–H groups in total. The van der Waals surface area contributed by atoms with Crippen LogP contribution in [0.2, 0.25) is 0 Å². The first kappa shape index (κ1) is 26.0. The van der Waals surface area contributed by atoms with E-state index in [4.69, 9.17) is 9.47 Å². The molecule has 2 aromatic carbocycles. The van der Waals surface area contributed by atoms with E-state index in [0.717, 1.165) is 17.5 Å². The molecule has 1 aliphatic rings. The quantitative estimate of drug-likeness (QED) is 0.338. The lowest BCUT2D eigenvalue weighted by molar-refractivity contribution is 0.0937. The average Bonchev–Trinajstić information content (AvgIpc) is 3.53. The van der Waals surface area contributed by atoms with Crippen LogP contribution < -0.4 is 15.4 Å². The van der Waals surface area contributed by atoms with Crippen LogP contribution in [-0.2, 0) is 30.9 Å².